The number of nitrogens with zero attached hydrogens (tertiary/aromatic N) is 4. The largest absolute Gasteiger partial charge is 0.461 e. The maximum Gasteiger partial charge on any atom is 0.416 e. The number of benzene rings is 4. The molecule has 67 heavy (non-hydrogen) atoms. The third-order valence-corrected chi connectivity index (χ3v) is 9.11. The van der Waals surface area contributed by atoms with E-state index in [9.17, 15) is 79.8 Å². The van der Waals surface area contributed by atoms with Crippen LogP contribution < -0.4 is 20.5 Å². The first-order chi connectivity index (χ1) is 31.1. The molecular weight excluding hydrogens is 989 g/mol. The number of hydrogen-bond donors (Lipinski definition) is 2. The maximum absolute atomic E-state index is 14.3. The van der Waals surface area contributed by atoms with E-state index >= 15 is 0 Å². The van der Waals surface area contributed by atoms with Gasteiger partial charge < -0.3 is 25.3 Å². The van der Waals surface area contributed by atoms with Crippen LogP contribution in [0, 0.1) is 23.3 Å². The highest BCUT2D eigenvalue weighted by molar-refractivity contribution is 7.07. The zero-order valence-electron chi connectivity index (χ0n) is 32.8. The number of carbonyl (C=O) groups is 2. The van der Waals surface area contributed by atoms with Crippen molar-refractivity contribution in [2.45, 2.75) is 44.7 Å². The summed E-state index contributed by atoms with van der Waals surface area (Å²) in [6.45, 7) is 1.28. The Kier molecular flexibility index (Phi) is 17.2. The van der Waals surface area contributed by atoms with Crippen molar-refractivity contribution in [2.75, 3.05) is 6.61 Å². The fraction of sp³-hybridized carbons (Fsp3) is 0.211. The summed E-state index contributed by atoms with van der Waals surface area (Å²) in [6.07, 6.45) is -18.0. The second kappa shape index (κ2) is 21.8. The van der Waals surface area contributed by atoms with Gasteiger partial charge in [0.2, 0.25) is 10.0 Å². The van der Waals surface area contributed by atoms with Crippen LogP contribution in [0.15, 0.2) is 73.3 Å². The van der Waals surface area contributed by atoms with Gasteiger partial charge in [-0.15, -0.1) is 0 Å². The topological polar surface area (TPSA) is 151 Å². The molecule has 11 nitrogen and oxygen atoms in total. The molecule has 6 rings (SSSR count). The van der Waals surface area contributed by atoms with E-state index in [1.165, 1.54) is 6.33 Å². The first kappa shape index (κ1) is 53.0. The molecule has 0 aliphatic rings. The van der Waals surface area contributed by atoms with E-state index in [4.69, 9.17) is 15.2 Å². The fourth-order valence-electron chi connectivity index (χ4n) is 4.79. The second-order valence-corrected chi connectivity index (χ2v) is 14.1. The number of aromatic nitrogens is 4. The monoisotopic (exact) mass is 1010 g/mol. The zero-order chi connectivity index (χ0) is 50.1. The molecule has 0 saturated carbocycles. The van der Waals surface area contributed by atoms with Crippen molar-refractivity contribution in [1.82, 2.24) is 24.0 Å². The average molecular weight is 1010 g/mol. The van der Waals surface area contributed by atoms with E-state index in [1.807, 2.05) is 0 Å². The van der Waals surface area contributed by atoms with Crippen molar-refractivity contribution in [3.63, 3.8) is 0 Å². The highest BCUT2D eigenvalue weighted by Crippen LogP contribution is 2.41. The summed E-state index contributed by atoms with van der Waals surface area (Å²) in [6, 6.07) is 2.87. The van der Waals surface area contributed by atoms with E-state index in [-0.39, 0.29) is 59.1 Å². The Labute approximate surface area is 372 Å². The molecule has 29 heteroatoms. The molecule has 4 aromatic carbocycles. The SMILES string of the molecule is CCOC(=O)c1ncns1.NCc1cc(F)c(Oc2cc(C(F)(F)F)cc(C(F)(F)F)c2)cc1F.O=C(NCc1cc(F)c(Oc2cc(C(F)(F)F)cc(C(F)(F)F)c2)cc1F)c1ncns1. The third-order valence-electron chi connectivity index (χ3n) is 7.81. The van der Waals surface area contributed by atoms with E-state index in [0.29, 0.717) is 35.9 Å². The molecule has 0 radical (unpaired) electrons. The summed E-state index contributed by atoms with van der Waals surface area (Å²) in [5.74, 6) is -9.48. The van der Waals surface area contributed by atoms with Gasteiger partial charge in [-0.3, -0.25) is 4.79 Å². The number of halogens is 16. The minimum atomic E-state index is -5.14. The van der Waals surface area contributed by atoms with Crippen LogP contribution in [-0.2, 0) is 42.5 Å². The number of amides is 1. The molecule has 0 saturated heterocycles. The Balaban J connectivity index is 0.000000247. The van der Waals surface area contributed by atoms with Crippen LogP contribution in [0.5, 0.6) is 23.0 Å². The van der Waals surface area contributed by atoms with Crippen LogP contribution in [0.25, 0.3) is 0 Å². The number of carbonyl (C=O) groups excluding carboxylic acids is 2. The smallest absolute Gasteiger partial charge is 0.416 e. The van der Waals surface area contributed by atoms with Gasteiger partial charge in [0.05, 0.1) is 28.9 Å². The number of ether oxygens (including phenoxy) is 3. The van der Waals surface area contributed by atoms with Gasteiger partial charge in [0, 0.05) is 36.3 Å². The molecular formula is C38H24F16N6O5S2. The van der Waals surface area contributed by atoms with Gasteiger partial charge in [0.1, 0.15) is 35.8 Å². The molecule has 360 valence electrons. The summed E-state index contributed by atoms with van der Waals surface area (Å²) in [7, 11) is 0. The number of rotatable bonds is 10. The Bertz CT molecular complexity index is 2580. The van der Waals surface area contributed by atoms with E-state index in [1.54, 1.807) is 6.92 Å². The summed E-state index contributed by atoms with van der Waals surface area (Å²) in [4.78, 5) is 29.9. The Hall–Kier alpha value is -6.62. The Morgan fingerprint density at radius 1 is 0.567 bits per heavy atom. The van der Waals surface area contributed by atoms with Crippen molar-refractivity contribution >= 4 is 34.9 Å². The molecule has 1 amide bonds. The van der Waals surface area contributed by atoms with Crippen molar-refractivity contribution in [3.05, 3.63) is 140 Å². The van der Waals surface area contributed by atoms with E-state index in [0.717, 1.165) is 29.4 Å². The van der Waals surface area contributed by atoms with Crippen LogP contribution in [0.2, 0.25) is 0 Å². The van der Waals surface area contributed by atoms with Gasteiger partial charge in [-0.25, -0.2) is 32.3 Å². The lowest BCUT2D eigenvalue weighted by Gasteiger charge is -2.15. The van der Waals surface area contributed by atoms with Gasteiger partial charge in [-0.1, -0.05) is 0 Å². The average Bonchev–Trinajstić information content (AvgIpc) is 3.98. The number of alkyl halides is 12. The van der Waals surface area contributed by atoms with E-state index < -0.39 is 112 Å². The number of nitrogens with one attached hydrogen (secondary N) is 1. The van der Waals surface area contributed by atoms with Crippen LogP contribution >= 0.6 is 23.1 Å². The van der Waals surface area contributed by atoms with Gasteiger partial charge in [-0.2, -0.15) is 61.4 Å². The van der Waals surface area contributed by atoms with Crippen molar-refractivity contribution in [1.29, 1.82) is 0 Å². The van der Waals surface area contributed by atoms with Crippen LogP contribution in [0.3, 0.4) is 0 Å². The highest BCUT2D eigenvalue weighted by Gasteiger charge is 2.39. The number of hydrogen-bond acceptors (Lipinski definition) is 12. The van der Waals surface area contributed by atoms with Crippen molar-refractivity contribution in [3.8, 4) is 23.0 Å². The molecule has 0 bridgehead atoms. The Morgan fingerprint density at radius 2 is 0.955 bits per heavy atom. The Morgan fingerprint density at radius 3 is 1.31 bits per heavy atom. The first-order valence-corrected chi connectivity index (χ1v) is 19.2. The summed E-state index contributed by atoms with van der Waals surface area (Å²) >= 11 is 1.80. The van der Waals surface area contributed by atoms with Gasteiger partial charge in [0.25, 0.3) is 5.91 Å². The van der Waals surface area contributed by atoms with Crippen molar-refractivity contribution in [2.24, 2.45) is 5.73 Å². The normalized spacial score (nSPS) is 11.7. The molecule has 2 heterocycles. The lowest BCUT2D eigenvalue weighted by Crippen LogP contribution is -2.23. The number of esters is 1. The molecule has 0 atom stereocenters. The zero-order valence-corrected chi connectivity index (χ0v) is 34.5. The van der Waals surface area contributed by atoms with Gasteiger partial charge in [-0.05, 0) is 78.5 Å². The summed E-state index contributed by atoms with van der Waals surface area (Å²) in [5, 5.41) is 2.53. The lowest BCUT2D eigenvalue weighted by molar-refractivity contribution is -0.144. The minimum absolute atomic E-state index is 0.0316. The quantitative estimate of drug-likeness (QED) is 0.100. The molecule has 0 unspecified atom stereocenters. The summed E-state index contributed by atoms with van der Waals surface area (Å²) < 4.78 is 231. The fourth-order valence-corrected chi connectivity index (χ4v) is 5.66. The molecule has 0 aliphatic carbocycles. The second-order valence-electron chi connectivity index (χ2n) is 12.5. The first-order valence-electron chi connectivity index (χ1n) is 17.7. The predicted molar refractivity (Wildman–Crippen MR) is 201 cm³/mol. The number of nitrogens with two attached hydrogens (primary N) is 1. The van der Waals surface area contributed by atoms with Gasteiger partial charge >= 0.3 is 30.7 Å². The lowest BCUT2D eigenvalue weighted by atomic mass is 10.1. The van der Waals surface area contributed by atoms with Crippen LogP contribution in [0.4, 0.5) is 70.2 Å². The maximum atomic E-state index is 14.3. The highest BCUT2D eigenvalue weighted by atomic mass is 32.1. The molecule has 0 fully saturated rings. The summed E-state index contributed by atoms with van der Waals surface area (Å²) in [5.41, 5.74) is -2.07. The minimum Gasteiger partial charge on any atom is -0.461 e. The molecule has 0 spiro atoms. The molecule has 0 aliphatic heterocycles. The van der Waals surface area contributed by atoms with Crippen LogP contribution in [-0.4, -0.2) is 37.2 Å². The predicted octanol–water partition coefficient (Wildman–Crippen LogP) is 11.5. The van der Waals surface area contributed by atoms with Crippen LogP contribution in [0.1, 0.15) is 59.9 Å². The van der Waals surface area contributed by atoms with Crippen molar-refractivity contribution < 1.29 is 94.0 Å². The van der Waals surface area contributed by atoms with E-state index in [2.05, 4.69) is 28.8 Å². The molecule has 3 N–H and O–H groups in total. The molecule has 2 aromatic heterocycles. The molecule has 6 aromatic rings. The standard InChI is InChI=1S/C18H9F8N3O2S.C15H9F8NO.C5H6N2O2S/c19-12-5-14(13(20)1-8(12)6-27-15(30)16-28-7-29-32-16)31-11-3-9(17(21,22)23)2-10(4-11)18(24,25)26;16-11-5-13(12(17)1-7(11)6-24)25-10-3-8(14(18,19)20)2-9(4-10)15(21,22)23;1-2-9-5(8)4-6-3-7-10-4/h1-5,7H,6H2,(H,27,30);1-5H,6,24H2;3H,2H2,1H3. The van der Waals surface area contributed by atoms with Gasteiger partial charge in [0.15, 0.2) is 23.1 Å². The third kappa shape index (κ3) is 15.2.